The SMILES string of the molecule is CC(C)OC(=O)N1CC[C@H](Nc2nc(-c3c[nH]c4ncc(Cl)cc34)ncc2F)C1. The van der Waals surface area contributed by atoms with Gasteiger partial charge in [-0.2, -0.15) is 0 Å². The molecular formula is C19H20ClFN6O2. The van der Waals surface area contributed by atoms with Crippen LogP contribution in [0.5, 0.6) is 0 Å². The second-order valence-corrected chi connectivity index (χ2v) is 7.59. The van der Waals surface area contributed by atoms with Gasteiger partial charge in [-0.25, -0.2) is 24.1 Å². The zero-order valence-electron chi connectivity index (χ0n) is 15.9. The number of halogens is 2. The highest BCUT2D eigenvalue weighted by Gasteiger charge is 2.28. The minimum atomic E-state index is -0.562. The van der Waals surface area contributed by atoms with Crippen molar-refractivity contribution in [2.75, 3.05) is 18.4 Å². The largest absolute Gasteiger partial charge is 0.447 e. The van der Waals surface area contributed by atoms with Crippen molar-refractivity contribution >= 4 is 34.5 Å². The highest BCUT2D eigenvalue weighted by Crippen LogP contribution is 2.28. The van der Waals surface area contributed by atoms with Gasteiger partial charge in [0, 0.05) is 42.5 Å². The third kappa shape index (κ3) is 4.09. The van der Waals surface area contributed by atoms with Crippen LogP contribution in [0.4, 0.5) is 15.0 Å². The topological polar surface area (TPSA) is 96.0 Å². The van der Waals surface area contributed by atoms with E-state index in [2.05, 4.69) is 25.3 Å². The van der Waals surface area contributed by atoms with Crippen molar-refractivity contribution in [1.82, 2.24) is 24.8 Å². The molecule has 2 N–H and O–H groups in total. The number of amides is 1. The quantitative estimate of drug-likeness (QED) is 0.668. The van der Waals surface area contributed by atoms with Gasteiger partial charge in [-0.3, -0.25) is 0 Å². The lowest BCUT2D eigenvalue weighted by Crippen LogP contribution is -2.33. The fourth-order valence-corrected chi connectivity index (χ4v) is 3.43. The van der Waals surface area contributed by atoms with Crippen LogP contribution in [0, 0.1) is 5.82 Å². The number of carbonyl (C=O) groups is 1. The second-order valence-electron chi connectivity index (χ2n) is 7.15. The Labute approximate surface area is 171 Å². The Kier molecular flexibility index (Phi) is 5.23. The van der Waals surface area contributed by atoms with Crippen LogP contribution in [0.15, 0.2) is 24.7 Å². The molecule has 1 aliphatic rings. The number of hydrogen-bond acceptors (Lipinski definition) is 6. The van der Waals surface area contributed by atoms with Gasteiger partial charge in [-0.15, -0.1) is 0 Å². The summed E-state index contributed by atoms with van der Waals surface area (Å²) in [6.45, 7) is 4.55. The maximum Gasteiger partial charge on any atom is 0.410 e. The number of aromatic amines is 1. The highest BCUT2D eigenvalue weighted by molar-refractivity contribution is 6.31. The van der Waals surface area contributed by atoms with Crippen LogP contribution in [-0.2, 0) is 4.74 Å². The predicted molar refractivity (Wildman–Crippen MR) is 107 cm³/mol. The number of nitrogens with zero attached hydrogens (tertiary/aromatic N) is 4. The van der Waals surface area contributed by atoms with Crippen molar-refractivity contribution in [2.45, 2.75) is 32.4 Å². The first-order valence-electron chi connectivity index (χ1n) is 9.28. The number of likely N-dealkylation sites (tertiary alicyclic amines) is 1. The van der Waals surface area contributed by atoms with Crippen molar-refractivity contribution in [3.8, 4) is 11.4 Å². The summed E-state index contributed by atoms with van der Waals surface area (Å²) in [6, 6.07) is 1.62. The summed E-state index contributed by atoms with van der Waals surface area (Å²) in [4.78, 5) is 29.4. The van der Waals surface area contributed by atoms with Gasteiger partial charge in [0.25, 0.3) is 0 Å². The molecule has 1 aliphatic heterocycles. The lowest BCUT2D eigenvalue weighted by Gasteiger charge is -2.18. The Morgan fingerprint density at radius 3 is 3.03 bits per heavy atom. The molecule has 0 aliphatic carbocycles. The van der Waals surface area contributed by atoms with E-state index in [1.807, 2.05) is 0 Å². The molecule has 0 radical (unpaired) electrons. The molecule has 29 heavy (non-hydrogen) atoms. The summed E-state index contributed by atoms with van der Waals surface area (Å²) >= 11 is 6.04. The number of rotatable bonds is 4. The van der Waals surface area contributed by atoms with Gasteiger partial charge in [0.15, 0.2) is 17.5 Å². The number of H-pyrrole nitrogens is 1. The monoisotopic (exact) mass is 418 g/mol. The number of ether oxygens (including phenoxy) is 1. The number of nitrogens with one attached hydrogen (secondary N) is 2. The lowest BCUT2D eigenvalue weighted by molar-refractivity contribution is 0.0834. The number of aromatic nitrogens is 4. The Bertz CT molecular complexity index is 1060. The van der Waals surface area contributed by atoms with Gasteiger partial charge in [0.05, 0.1) is 17.3 Å². The summed E-state index contributed by atoms with van der Waals surface area (Å²) in [7, 11) is 0. The molecule has 0 spiro atoms. The van der Waals surface area contributed by atoms with E-state index < -0.39 is 5.82 Å². The predicted octanol–water partition coefficient (Wildman–Crippen LogP) is 3.84. The van der Waals surface area contributed by atoms with Gasteiger partial charge in [0.1, 0.15) is 5.65 Å². The molecule has 0 bridgehead atoms. The molecule has 1 atom stereocenters. The average Bonchev–Trinajstić information content (AvgIpc) is 3.30. The Morgan fingerprint density at radius 2 is 2.24 bits per heavy atom. The third-order valence-corrected chi connectivity index (χ3v) is 4.81. The summed E-state index contributed by atoms with van der Waals surface area (Å²) in [5, 5.41) is 4.31. The van der Waals surface area contributed by atoms with E-state index >= 15 is 0 Å². The molecule has 3 aromatic rings. The smallest absolute Gasteiger partial charge is 0.410 e. The Hall–Kier alpha value is -2.94. The molecule has 0 saturated carbocycles. The minimum Gasteiger partial charge on any atom is -0.447 e. The molecule has 152 valence electrons. The molecule has 3 aromatic heterocycles. The van der Waals surface area contributed by atoms with Crippen LogP contribution in [0.25, 0.3) is 22.4 Å². The van der Waals surface area contributed by atoms with Gasteiger partial charge < -0.3 is 19.9 Å². The highest BCUT2D eigenvalue weighted by atomic mass is 35.5. The molecule has 4 heterocycles. The minimum absolute atomic E-state index is 0.0865. The first-order chi connectivity index (χ1) is 13.9. The standard InChI is InChI=1S/C19H20ClFN6O2/c1-10(2)29-19(28)27-4-3-12(9-27)25-18-15(21)8-24-17(26-18)14-7-23-16-13(14)5-11(20)6-22-16/h5-8,10,12H,3-4,9H2,1-2H3,(H,22,23)(H,24,25,26)/t12-/m0/s1. The second kappa shape index (κ2) is 7.82. The molecule has 1 saturated heterocycles. The van der Waals surface area contributed by atoms with E-state index in [4.69, 9.17) is 16.3 Å². The van der Waals surface area contributed by atoms with Crippen molar-refractivity contribution in [3.05, 3.63) is 35.5 Å². The van der Waals surface area contributed by atoms with Crippen LogP contribution in [0.1, 0.15) is 20.3 Å². The number of anilines is 1. The molecule has 0 aromatic carbocycles. The first-order valence-corrected chi connectivity index (χ1v) is 9.66. The van der Waals surface area contributed by atoms with E-state index in [1.54, 1.807) is 37.2 Å². The Morgan fingerprint density at radius 1 is 1.41 bits per heavy atom. The molecule has 1 amide bonds. The molecule has 4 rings (SSSR count). The van der Waals surface area contributed by atoms with Crippen molar-refractivity contribution < 1.29 is 13.9 Å². The summed E-state index contributed by atoms with van der Waals surface area (Å²) < 4.78 is 19.6. The van der Waals surface area contributed by atoms with Gasteiger partial charge in [0.2, 0.25) is 0 Å². The molecule has 1 fully saturated rings. The Balaban J connectivity index is 1.54. The number of fused-ring (bicyclic) bond motifs is 1. The zero-order chi connectivity index (χ0) is 20.5. The number of carbonyl (C=O) groups excluding carboxylic acids is 1. The van der Waals surface area contributed by atoms with E-state index in [0.29, 0.717) is 41.6 Å². The lowest BCUT2D eigenvalue weighted by atomic mass is 10.2. The molecule has 10 heteroatoms. The van der Waals surface area contributed by atoms with Crippen LogP contribution in [0.2, 0.25) is 5.02 Å². The normalized spacial score (nSPS) is 16.6. The van der Waals surface area contributed by atoms with E-state index in [-0.39, 0.29) is 24.1 Å². The summed E-state index contributed by atoms with van der Waals surface area (Å²) in [5.41, 5.74) is 1.31. The fraction of sp³-hybridized carbons (Fsp3) is 0.368. The first kappa shape index (κ1) is 19.4. The van der Waals surface area contributed by atoms with E-state index in [9.17, 15) is 9.18 Å². The maximum absolute atomic E-state index is 14.3. The molecule has 8 nitrogen and oxygen atoms in total. The fourth-order valence-electron chi connectivity index (χ4n) is 3.27. The van der Waals surface area contributed by atoms with E-state index in [1.165, 1.54) is 0 Å². The molecule has 0 unspecified atom stereocenters. The third-order valence-electron chi connectivity index (χ3n) is 4.61. The van der Waals surface area contributed by atoms with Crippen molar-refractivity contribution in [3.63, 3.8) is 0 Å². The van der Waals surface area contributed by atoms with Crippen LogP contribution >= 0.6 is 11.6 Å². The average molecular weight is 419 g/mol. The molecular weight excluding hydrogens is 399 g/mol. The van der Waals surface area contributed by atoms with Gasteiger partial charge in [-0.1, -0.05) is 11.6 Å². The zero-order valence-corrected chi connectivity index (χ0v) is 16.7. The van der Waals surface area contributed by atoms with Crippen molar-refractivity contribution in [2.24, 2.45) is 0 Å². The van der Waals surface area contributed by atoms with Crippen molar-refractivity contribution in [1.29, 1.82) is 0 Å². The van der Waals surface area contributed by atoms with Crippen LogP contribution < -0.4 is 5.32 Å². The van der Waals surface area contributed by atoms with Crippen LogP contribution in [-0.4, -0.2) is 56.2 Å². The maximum atomic E-state index is 14.3. The van der Waals surface area contributed by atoms with Gasteiger partial charge in [-0.05, 0) is 26.3 Å². The van der Waals surface area contributed by atoms with E-state index in [0.717, 1.165) is 11.6 Å². The van der Waals surface area contributed by atoms with Gasteiger partial charge >= 0.3 is 6.09 Å². The number of pyridine rings is 1. The summed E-state index contributed by atoms with van der Waals surface area (Å²) in [5.74, 6) is -0.130. The summed E-state index contributed by atoms with van der Waals surface area (Å²) in [6.07, 6.45) is 4.50. The van der Waals surface area contributed by atoms with Crippen LogP contribution in [0.3, 0.4) is 0 Å². The number of hydrogen-bond donors (Lipinski definition) is 2.